The Kier molecular flexibility index (Phi) is 3.80. The number of pyridine rings is 1. The molecule has 0 aliphatic rings. The predicted octanol–water partition coefficient (Wildman–Crippen LogP) is 3.49. The van der Waals surface area contributed by atoms with E-state index < -0.39 is 0 Å². The molecule has 2 aromatic heterocycles. The zero-order valence-electron chi connectivity index (χ0n) is 15.1. The molecule has 0 unspecified atom stereocenters. The van der Waals surface area contributed by atoms with Gasteiger partial charge < -0.3 is 10.1 Å². The number of aryl methyl sites for hydroxylation is 2. The average molecular weight is 349 g/mol. The van der Waals surface area contributed by atoms with Crippen molar-refractivity contribution in [3.8, 4) is 5.75 Å². The fourth-order valence-electron chi connectivity index (χ4n) is 3.55. The molecule has 5 nitrogen and oxygen atoms in total. The van der Waals surface area contributed by atoms with Gasteiger partial charge in [0.15, 0.2) is 5.78 Å². The van der Waals surface area contributed by atoms with Gasteiger partial charge in [0.25, 0.3) is 0 Å². The number of aromatic nitrogens is 2. The number of aromatic amines is 1. The van der Waals surface area contributed by atoms with E-state index in [1.807, 2.05) is 31.5 Å². The monoisotopic (exact) mass is 349 g/mol. The first-order chi connectivity index (χ1) is 12.5. The van der Waals surface area contributed by atoms with Crippen LogP contribution < -0.4 is 9.57 Å². The number of hydrogen-bond donors (Lipinski definition) is 2. The number of nitrogens with zero attached hydrogens (tertiary/aromatic N) is 1. The molecule has 2 heterocycles. The number of H-pyrrole nitrogens is 1. The Morgan fingerprint density at radius 3 is 2.73 bits per heavy atom. The van der Waals surface area contributed by atoms with Crippen LogP contribution in [0.5, 0.6) is 5.75 Å². The number of hydrogen-bond acceptors (Lipinski definition) is 3. The van der Waals surface area contributed by atoms with Gasteiger partial charge in [-0.3, -0.25) is 9.63 Å². The highest BCUT2D eigenvalue weighted by atomic mass is 16.7. The van der Waals surface area contributed by atoms with Gasteiger partial charge in [0, 0.05) is 33.5 Å². The van der Waals surface area contributed by atoms with Crippen molar-refractivity contribution in [1.82, 2.24) is 4.98 Å². The molecule has 2 aromatic carbocycles. The topological polar surface area (TPSA) is 66.2 Å². The lowest BCUT2D eigenvalue weighted by molar-refractivity contribution is -0.888. The van der Waals surface area contributed by atoms with E-state index in [0.29, 0.717) is 6.42 Å². The van der Waals surface area contributed by atoms with Crippen molar-refractivity contribution in [2.24, 2.45) is 0 Å². The second-order valence-electron chi connectivity index (χ2n) is 6.65. The Hall–Kier alpha value is -3.08. The summed E-state index contributed by atoms with van der Waals surface area (Å²) >= 11 is 0. The van der Waals surface area contributed by atoms with E-state index in [4.69, 9.17) is 4.84 Å². The molecule has 0 atom stereocenters. The number of carbonyl (C=O) groups is 1. The van der Waals surface area contributed by atoms with Crippen molar-refractivity contribution in [3.05, 3.63) is 47.8 Å². The maximum absolute atomic E-state index is 11.5. The number of phenolic OH excluding ortho intramolecular Hbond substituents is 1. The number of fused-ring (bicyclic) bond motifs is 4. The minimum absolute atomic E-state index is 0.0630. The first kappa shape index (κ1) is 16.4. The van der Waals surface area contributed by atoms with Gasteiger partial charge in [0.05, 0.1) is 10.9 Å². The summed E-state index contributed by atoms with van der Waals surface area (Å²) < 4.78 is 1.60. The largest absolute Gasteiger partial charge is 0.508 e. The first-order valence-electron chi connectivity index (χ1n) is 8.73. The zero-order chi connectivity index (χ0) is 18.4. The normalized spacial score (nSPS) is 11.5. The summed E-state index contributed by atoms with van der Waals surface area (Å²) in [6.07, 6.45) is 4.21. The third kappa shape index (κ3) is 2.47. The summed E-state index contributed by atoms with van der Waals surface area (Å²) in [6, 6.07) is 7.39. The summed E-state index contributed by atoms with van der Waals surface area (Å²) in [5.41, 5.74) is 4.33. The highest BCUT2D eigenvalue weighted by molar-refractivity contribution is 6.16. The van der Waals surface area contributed by atoms with Gasteiger partial charge in [0.1, 0.15) is 5.75 Å². The smallest absolute Gasteiger partial charge is 0.230 e. The molecule has 4 aromatic rings. The third-order valence-electron chi connectivity index (χ3n) is 5.04. The van der Waals surface area contributed by atoms with Gasteiger partial charge >= 0.3 is 0 Å². The molecule has 0 aliphatic carbocycles. The van der Waals surface area contributed by atoms with Crippen molar-refractivity contribution in [1.29, 1.82) is 0 Å². The van der Waals surface area contributed by atoms with E-state index in [0.717, 1.165) is 43.7 Å². The second kappa shape index (κ2) is 6.02. The van der Waals surface area contributed by atoms with Crippen LogP contribution >= 0.6 is 0 Å². The Morgan fingerprint density at radius 1 is 1.15 bits per heavy atom. The third-order valence-corrected chi connectivity index (χ3v) is 5.04. The number of rotatable bonds is 4. The minimum atomic E-state index is 0.0630. The van der Waals surface area contributed by atoms with Gasteiger partial charge in [-0.25, -0.2) is 0 Å². The van der Waals surface area contributed by atoms with Crippen LogP contribution in [0.25, 0.3) is 32.6 Å². The molecule has 0 aliphatic heterocycles. The van der Waals surface area contributed by atoms with Crippen molar-refractivity contribution in [2.75, 3.05) is 6.61 Å². The number of nitrogens with one attached hydrogen (secondary N) is 1. The summed E-state index contributed by atoms with van der Waals surface area (Å²) in [6.45, 7) is 6.05. The SMILES string of the molecule is CCC(=O)CO[n+]1ccc2c(C)c3[nH]c4ccc(O)cc4c3c(C)c2c1. The number of aromatic hydroxyl groups is 1. The van der Waals surface area contributed by atoms with Crippen LogP contribution in [0.15, 0.2) is 36.7 Å². The van der Waals surface area contributed by atoms with E-state index in [1.54, 1.807) is 16.9 Å². The van der Waals surface area contributed by atoms with Crippen molar-refractivity contribution in [2.45, 2.75) is 27.2 Å². The molecule has 0 saturated carbocycles. The van der Waals surface area contributed by atoms with E-state index >= 15 is 0 Å². The molecule has 26 heavy (non-hydrogen) atoms. The molecule has 0 radical (unpaired) electrons. The van der Waals surface area contributed by atoms with E-state index in [9.17, 15) is 9.90 Å². The summed E-state index contributed by atoms with van der Waals surface area (Å²) in [4.78, 5) is 20.6. The Balaban J connectivity index is 1.96. The van der Waals surface area contributed by atoms with Crippen LogP contribution in [0.1, 0.15) is 24.5 Å². The summed E-state index contributed by atoms with van der Waals surface area (Å²) in [5, 5.41) is 14.2. The van der Waals surface area contributed by atoms with E-state index in [1.165, 1.54) is 0 Å². The van der Waals surface area contributed by atoms with Gasteiger partial charge in [0.2, 0.25) is 19.0 Å². The quantitative estimate of drug-likeness (QED) is 0.554. The summed E-state index contributed by atoms with van der Waals surface area (Å²) in [5.74, 6) is 0.313. The number of phenols is 1. The van der Waals surface area contributed by atoms with E-state index in [-0.39, 0.29) is 18.1 Å². The fourth-order valence-corrected chi connectivity index (χ4v) is 3.55. The number of Topliss-reactive ketones (excluding diaryl/α,β-unsaturated/α-hetero) is 1. The average Bonchev–Trinajstić information content (AvgIpc) is 3.03. The van der Waals surface area contributed by atoms with Crippen LogP contribution in [0, 0.1) is 13.8 Å². The maximum Gasteiger partial charge on any atom is 0.230 e. The van der Waals surface area contributed by atoms with Gasteiger partial charge in [-0.05, 0) is 48.6 Å². The molecule has 0 saturated heterocycles. The van der Waals surface area contributed by atoms with Crippen LogP contribution in [-0.2, 0) is 4.79 Å². The van der Waals surface area contributed by atoms with E-state index in [2.05, 4.69) is 18.8 Å². The summed E-state index contributed by atoms with van der Waals surface area (Å²) in [7, 11) is 0. The Labute approximate surface area is 150 Å². The highest BCUT2D eigenvalue weighted by Gasteiger charge is 2.17. The molecule has 5 heteroatoms. The molecule has 0 bridgehead atoms. The number of carbonyl (C=O) groups excluding carboxylic acids is 1. The maximum atomic E-state index is 11.5. The van der Waals surface area contributed by atoms with Crippen LogP contribution in [0.2, 0.25) is 0 Å². The number of benzene rings is 2. The fraction of sp³-hybridized carbons (Fsp3) is 0.238. The Bertz CT molecular complexity index is 1170. The lowest BCUT2D eigenvalue weighted by Crippen LogP contribution is -2.44. The predicted molar refractivity (Wildman–Crippen MR) is 101 cm³/mol. The molecule has 132 valence electrons. The molecular weight excluding hydrogens is 328 g/mol. The molecule has 0 amide bonds. The lowest BCUT2D eigenvalue weighted by atomic mass is 9.97. The van der Waals surface area contributed by atoms with Crippen LogP contribution in [0.4, 0.5) is 0 Å². The van der Waals surface area contributed by atoms with Crippen molar-refractivity contribution < 1.29 is 19.5 Å². The first-order valence-corrected chi connectivity index (χ1v) is 8.73. The highest BCUT2D eigenvalue weighted by Crippen LogP contribution is 2.36. The molecule has 0 spiro atoms. The van der Waals surface area contributed by atoms with Crippen LogP contribution in [-0.4, -0.2) is 22.5 Å². The standard InChI is InChI=1S/C21H20N2O3/c1-4-14(24)11-26-23-8-7-16-13(3)21-20(12(2)18(16)10-23)17-9-15(25)5-6-19(17)22-21/h5-10,25H,4,11H2,1-3H3/p+1. The molecule has 0 fully saturated rings. The van der Waals surface area contributed by atoms with Gasteiger partial charge in [-0.1, -0.05) is 6.92 Å². The zero-order valence-corrected chi connectivity index (χ0v) is 15.1. The Morgan fingerprint density at radius 2 is 1.96 bits per heavy atom. The molecule has 4 rings (SSSR count). The van der Waals surface area contributed by atoms with Crippen molar-refractivity contribution >= 4 is 38.4 Å². The minimum Gasteiger partial charge on any atom is -0.508 e. The van der Waals surface area contributed by atoms with Crippen molar-refractivity contribution in [3.63, 3.8) is 0 Å². The number of ketones is 1. The lowest BCUT2D eigenvalue weighted by Gasteiger charge is -2.08. The second-order valence-corrected chi connectivity index (χ2v) is 6.65. The van der Waals surface area contributed by atoms with Gasteiger partial charge in [-0.15, -0.1) is 0 Å². The molecule has 2 N–H and O–H groups in total. The molecular formula is C21H21N2O3+. The van der Waals surface area contributed by atoms with Crippen LogP contribution in [0.3, 0.4) is 0 Å². The van der Waals surface area contributed by atoms with Gasteiger partial charge in [-0.2, -0.15) is 0 Å².